The Balaban J connectivity index is 1.35. The maximum absolute atomic E-state index is 12.4. The van der Waals surface area contributed by atoms with Gasteiger partial charge in [-0.1, -0.05) is 29.8 Å². The highest BCUT2D eigenvalue weighted by Gasteiger charge is 2.44. The first-order valence-electron chi connectivity index (χ1n) is 8.88. The molecular weight excluding hydrogens is 288 g/mol. The molecule has 2 bridgehead atoms. The van der Waals surface area contributed by atoms with Crippen LogP contribution in [0.3, 0.4) is 0 Å². The van der Waals surface area contributed by atoms with Crippen molar-refractivity contribution < 1.29 is 9.53 Å². The molecule has 4 rings (SSSR count). The Hall–Kier alpha value is -1.39. The quantitative estimate of drug-likeness (QED) is 0.905. The van der Waals surface area contributed by atoms with E-state index in [0.29, 0.717) is 0 Å². The molecule has 1 amide bonds. The van der Waals surface area contributed by atoms with Crippen LogP contribution < -0.4 is 5.32 Å². The van der Waals surface area contributed by atoms with Crippen LogP contribution in [-0.4, -0.2) is 42.6 Å². The number of ether oxygens (including phenoxy) is 1. The van der Waals surface area contributed by atoms with Gasteiger partial charge in [0.15, 0.2) is 0 Å². The topological polar surface area (TPSA) is 41.6 Å². The predicted molar refractivity (Wildman–Crippen MR) is 89.0 cm³/mol. The monoisotopic (exact) mass is 314 g/mol. The van der Waals surface area contributed by atoms with E-state index in [1.54, 1.807) is 0 Å². The van der Waals surface area contributed by atoms with E-state index < -0.39 is 0 Å². The molecule has 1 saturated carbocycles. The highest BCUT2D eigenvalue weighted by Crippen LogP contribution is 2.33. The summed E-state index contributed by atoms with van der Waals surface area (Å²) in [6.45, 7) is 5.75. The summed E-state index contributed by atoms with van der Waals surface area (Å²) >= 11 is 0. The Morgan fingerprint density at radius 3 is 3.00 bits per heavy atom. The van der Waals surface area contributed by atoms with Crippen LogP contribution in [0, 0.1) is 18.8 Å². The van der Waals surface area contributed by atoms with Crippen LogP contribution >= 0.6 is 0 Å². The van der Waals surface area contributed by atoms with Gasteiger partial charge in [0.2, 0.25) is 5.91 Å². The predicted octanol–water partition coefficient (Wildman–Crippen LogP) is 2.11. The molecule has 0 spiro atoms. The fourth-order valence-corrected chi connectivity index (χ4v) is 3.91. The van der Waals surface area contributed by atoms with E-state index in [1.165, 1.54) is 24.0 Å². The zero-order valence-corrected chi connectivity index (χ0v) is 13.8. The number of fused-ring (bicyclic) bond motifs is 2. The van der Waals surface area contributed by atoms with Gasteiger partial charge in [-0.3, -0.25) is 9.69 Å². The molecule has 0 radical (unpaired) electrons. The lowest BCUT2D eigenvalue weighted by molar-refractivity contribution is -0.128. The third-order valence-corrected chi connectivity index (χ3v) is 5.32. The van der Waals surface area contributed by atoms with Crippen LogP contribution in [0.15, 0.2) is 24.3 Å². The van der Waals surface area contributed by atoms with E-state index in [0.717, 1.165) is 38.5 Å². The Kier molecular flexibility index (Phi) is 4.12. The van der Waals surface area contributed by atoms with Gasteiger partial charge in [0.25, 0.3) is 0 Å². The van der Waals surface area contributed by atoms with Crippen molar-refractivity contribution in [2.75, 3.05) is 19.6 Å². The molecule has 2 heterocycles. The third kappa shape index (κ3) is 3.59. The van der Waals surface area contributed by atoms with Crippen molar-refractivity contribution in [3.8, 4) is 0 Å². The summed E-state index contributed by atoms with van der Waals surface area (Å²) in [5.41, 5.74) is 2.65. The Labute approximate surface area is 138 Å². The van der Waals surface area contributed by atoms with E-state index >= 15 is 0 Å². The molecule has 2 saturated heterocycles. The average molecular weight is 314 g/mol. The van der Waals surface area contributed by atoms with Crippen molar-refractivity contribution in [2.45, 2.75) is 44.9 Å². The Morgan fingerprint density at radius 2 is 2.22 bits per heavy atom. The van der Waals surface area contributed by atoms with E-state index in [-0.39, 0.29) is 24.0 Å². The molecule has 124 valence electrons. The molecule has 3 atom stereocenters. The van der Waals surface area contributed by atoms with Crippen LogP contribution in [0.25, 0.3) is 0 Å². The van der Waals surface area contributed by atoms with Gasteiger partial charge >= 0.3 is 0 Å². The number of rotatable bonds is 5. The highest BCUT2D eigenvalue weighted by molar-refractivity contribution is 5.79. The molecule has 23 heavy (non-hydrogen) atoms. The number of likely N-dealkylation sites (tertiary alicyclic amines) is 1. The molecule has 4 nitrogen and oxygen atoms in total. The largest absolute Gasteiger partial charge is 0.371 e. The standard InChI is InChI=1S/C19H26N2O2/c1-13-3-2-4-15(7-13)10-21-11-16-8-17(18(12-21)23-16)19(22)20-9-14-5-6-14/h2-4,7,14,16-18H,5-6,8-12H2,1H3,(H,20,22)/t16-,17+,18-/m0/s1. The molecule has 0 aromatic heterocycles. The number of aryl methyl sites for hydroxylation is 1. The smallest absolute Gasteiger partial charge is 0.225 e. The number of amides is 1. The first kappa shape index (κ1) is 15.2. The molecule has 3 aliphatic rings. The summed E-state index contributed by atoms with van der Waals surface area (Å²) in [6, 6.07) is 8.68. The Bertz CT molecular complexity index is 584. The minimum absolute atomic E-state index is 0.0428. The first-order valence-corrected chi connectivity index (χ1v) is 8.88. The fourth-order valence-electron chi connectivity index (χ4n) is 3.91. The zero-order valence-electron chi connectivity index (χ0n) is 13.8. The summed E-state index contributed by atoms with van der Waals surface area (Å²) in [7, 11) is 0. The summed E-state index contributed by atoms with van der Waals surface area (Å²) in [4.78, 5) is 14.9. The number of hydrogen-bond donors (Lipinski definition) is 1. The fraction of sp³-hybridized carbons (Fsp3) is 0.632. The second-order valence-electron chi connectivity index (χ2n) is 7.51. The minimum Gasteiger partial charge on any atom is -0.371 e. The van der Waals surface area contributed by atoms with Crippen molar-refractivity contribution in [1.82, 2.24) is 10.2 Å². The maximum Gasteiger partial charge on any atom is 0.225 e. The third-order valence-electron chi connectivity index (χ3n) is 5.32. The van der Waals surface area contributed by atoms with E-state index in [9.17, 15) is 4.79 Å². The van der Waals surface area contributed by atoms with Crippen molar-refractivity contribution in [3.05, 3.63) is 35.4 Å². The lowest BCUT2D eigenvalue weighted by atomic mass is 9.99. The number of morpholine rings is 1. The minimum atomic E-state index is 0.0428. The summed E-state index contributed by atoms with van der Waals surface area (Å²) < 4.78 is 6.04. The van der Waals surface area contributed by atoms with Gasteiger partial charge in [-0.05, 0) is 37.7 Å². The van der Waals surface area contributed by atoms with Crippen LogP contribution in [-0.2, 0) is 16.1 Å². The van der Waals surface area contributed by atoms with Gasteiger partial charge in [-0.25, -0.2) is 0 Å². The molecule has 3 fully saturated rings. The molecule has 1 aromatic rings. The average Bonchev–Trinajstić information content (AvgIpc) is 3.29. The number of carbonyl (C=O) groups is 1. The number of benzene rings is 1. The summed E-state index contributed by atoms with van der Waals surface area (Å²) in [5, 5.41) is 3.13. The molecule has 1 aliphatic carbocycles. The van der Waals surface area contributed by atoms with Gasteiger partial charge in [-0.2, -0.15) is 0 Å². The maximum atomic E-state index is 12.4. The number of carbonyl (C=O) groups excluding carboxylic acids is 1. The number of nitrogens with zero attached hydrogens (tertiary/aromatic N) is 1. The zero-order chi connectivity index (χ0) is 15.8. The van der Waals surface area contributed by atoms with Crippen LogP contribution in [0.1, 0.15) is 30.4 Å². The second-order valence-corrected chi connectivity index (χ2v) is 7.51. The lowest BCUT2D eigenvalue weighted by Crippen LogP contribution is -2.45. The summed E-state index contributed by atoms with van der Waals surface area (Å²) in [6.07, 6.45) is 3.72. The van der Waals surface area contributed by atoms with Crippen molar-refractivity contribution in [1.29, 1.82) is 0 Å². The van der Waals surface area contributed by atoms with Crippen LogP contribution in [0.2, 0.25) is 0 Å². The second kappa shape index (κ2) is 6.25. The Morgan fingerprint density at radius 1 is 1.35 bits per heavy atom. The molecular formula is C19H26N2O2. The summed E-state index contributed by atoms with van der Waals surface area (Å²) in [5.74, 6) is 0.988. The van der Waals surface area contributed by atoms with E-state index in [2.05, 4.69) is 41.4 Å². The van der Waals surface area contributed by atoms with E-state index in [1.807, 2.05) is 0 Å². The molecule has 2 aliphatic heterocycles. The number of hydrogen-bond acceptors (Lipinski definition) is 3. The normalized spacial score (nSPS) is 30.4. The molecule has 0 unspecified atom stereocenters. The SMILES string of the molecule is Cc1cccc(CN2C[C@@H]3C[C@@H](C(=O)NCC4CC4)[C@H](C2)O3)c1. The van der Waals surface area contributed by atoms with E-state index in [4.69, 9.17) is 4.74 Å². The van der Waals surface area contributed by atoms with Crippen LogP contribution in [0.4, 0.5) is 0 Å². The number of nitrogens with one attached hydrogen (secondary N) is 1. The molecule has 4 heteroatoms. The van der Waals surface area contributed by atoms with Crippen molar-refractivity contribution in [3.63, 3.8) is 0 Å². The molecule has 1 N–H and O–H groups in total. The van der Waals surface area contributed by atoms with Gasteiger partial charge in [-0.15, -0.1) is 0 Å². The van der Waals surface area contributed by atoms with Gasteiger partial charge in [0, 0.05) is 26.2 Å². The highest BCUT2D eigenvalue weighted by atomic mass is 16.5. The lowest BCUT2D eigenvalue weighted by Gasteiger charge is -2.32. The van der Waals surface area contributed by atoms with Gasteiger partial charge in [0.1, 0.15) is 0 Å². The van der Waals surface area contributed by atoms with Gasteiger partial charge in [0.05, 0.1) is 18.1 Å². The molecule has 1 aromatic carbocycles. The van der Waals surface area contributed by atoms with Gasteiger partial charge < -0.3 is 10.1 Å². The van der Waals surface area contributed by atoms with Crippen molar-refractivity contribution >= 4 is 5.91 Å². The van der Waals surface area contributed by atoms with Crippen molar-refractivity contribution in [2.24, 2.45) is 11.8 Å². The first-order chi connectivity index (χ1) is 11.2. The van der Waals surface area contributed by atoms with Crippen LogP contribution in [0.5, 0.6) is 0 Å².